The molecule has 0 aliphatic heterocycles. The zero-order valence-electron chi connectivity index (χ0n) is 28.6. The molecule has 9 aromatic rings. The number of aromatic nitrogens is 4. The lowest BCUT2D eigenvalue weighted by molar-refractivity contribution is 0.628. The highest BCUT2D eigenvalue weighted by atomic mass is 19.1. The second-order valence-electron chi connectivity index (χ2n) is 12.9. The molecule has 0 aliphatic rings. The molecule has 7 heteroatoms. The van der Waals surface area contributed by atoms with Gasteiger partial charge in [-0.05, 0) is 82.9 Å². The summed E-state index contributed by atoms with van der Waals surface area (Å²) in [5.74, 6) is 1.17. The first-order valence-corrected chi connectivity index (χ1v) is 17.3. The highest BCUT2D eigenvalue weighted by Gasteiger charge is 2.20. The smallest absolute Gasteiger partial charge is 0.164 e. The van der Waals surface area contributed by atoms with Crippen LogP contribution in [0.25, 0.3) is 83.9 Å². The summed E-state index contributed by atoms with van der Waals surface area (Å²) in [6.07, 6.45) is 0. The minimum atomic E-state index is -0.339. The number of hydrogen-bond donors (Lipinski definition) is 0. The summed E-state index contributed by atoms with van der Waals surface area (Å²) >= 11 is 0. The summed E-state index contributed by atoms with van der Waals surface area (Å²) in [7, 11) is 0. The van der Waals surface area contributed by atoms with Gasteiger partial charge in [0.2, 0.25) is 0 Å². The molecule has 0 atom stereocenters. The van der Waals surface area contributed by atoms with Crippen molar-refractivity contribution in [2.75, 3.05) is 0 Å². The van der Waals surface area contributed by atoms with Crippen LogP contribution in [0.2, 0.25) is 0 Å². The van der Waals surface area contributed by atoms with Crippen LogP contribution in [-0.2, 0) is 0 Å². The van der Waals surface area contributed by atoms with Crippen molar-refractivity contribution in [3.05, 3.63) is 181 Å². The summed E-state index contributed by atoms with van der Waals surface area (Å²) in [6, 6.07) is 56.2. The van der Waals surface area contributed by atoms with Crippen LogP contribution >= 0.6 is 0 Å². The highest BCUT2D eigenvalue weighted by Crippen LogP contribution is 2.39. The Balaban J connectivity index is 1.29. The van der Waals surface area contributed by atoms with E-state index in [-0.39, 0.29) is 5.82 Å². The van der Waals surface area contributed by atoms with Gasteiger partial charge in [-0.15, -0.1) is 0 Å². The van der Waals surface area contributed by atoms with Crippen molar-refractivity contribution in [2.45, 2.75) is 0 Å². The lowest BCUT2D eigenvalue weighted by Crippen LogP contribution is -2.02. The average Bonchev–Trinajstić information content (AvgIpc) is 3.57. The number of rotatable bonds is 6. The second kappa shape index (κ2) is 13.4. The zero-order valence-corrected chi connectivity index (χ0v) is 28.6. The molecule has 0 N–H and O–H groups in total. The molecule has 7 aromatic carbocycles. The predicted octanol–water partition coefficient (Wildman–Crippen LogP) is 11.2. The Labute approximate surface area is 310 Å². The van der Waals surface area contributed by atoms with E-state index in [1.165, 1.54) is 12.1 Å². The van der Waals surface area contributed by atoms with Crippen molar-refractivity contribution in [1.82, 2.24) is 19.5 Å². The fourth-order valence-corrected chi connectivity index (χ4v) is 7.05. The van der Waals surface area contributed by atoms with Crippen molar-refractivity contribution < 1.29 is 4.39 Å². The van der Waals surface area contributed by atoms with E-state index in [0.29, 0.717) is 34.2 Å². The third kappa shape index (κ3) is 5.82. The van der Waals surface area contributed by atoms with Crippen molar-refractivity contribution in [2.24, 2.45) is 0 Å². The van der Waals surface area contributed by atoms with Gasteiger partial charge in [0.25, 0.3) is 0 Å². The summed E-state index contributed by atoms with van der Waals surface area (Å²) in [6.45, 7) is 0. The van der Waals surface area contributed by atoms with E-state index in [1.54, 1.807) is 24.3 Å². The van der Waals surface area contributed by atoms with E-state index >= 15 is 0 Å². The average molecular weight is 695 g/mol. The van der Waals surface area contributed by atoms with Gasteiger partial charge >= 0.3 is 0 Å². The quantitative estimate of drug-likeness (QED) is 0.173. The first-order chi connectivity index (χ1) is 26.6. The molecule has 0 amide bonds. The van der Waals surface area contributed by atoms with Crippen molar-refractivity contribution in [1.29, 1.82) is 10.5 Å². The van der Waals surface area contributed by atoms with Gasteiger partial charge in [-0.25, -0.2) is 19.3 Å². The monoisotopic (exact) mass is 694 g/mol. The number of fused-ring (bicyclic) bond motifs is 3. The molecule has 9 rings (SSSR count). The summed E-state index contributed by atoms with van der Waals surface area (Å²) < 4.78 is 17.0. The fourth-order valence-electron chi connectivity index (χ4n) is 7.05. The Morgan fingerprint density at radius 3 is 1.70 bits per heavy atom. The first kappa shape index (κ1) is 32.2. The van der Waals surface area contributed by atoms with Gasteiger partial charge in [0, 0.05) is 33.2 Å². The Morgan fingerprint density at radius 1 is 0.426 bits per heavy atom. The van der Waals surface area contributed by atoms with Gasteiger partial charge in [-0.2, -0.15) is 10.5 Å². The van der Waals surface area contributed by atoms with Crippen LogP contribution < -0.4 is 0 Å². The van der Waals surface area contributed by atoms with Crippen molar-refractivity contribution in [3.63, 3.8) is 0 Å². The van der Waals surface area contributed by atoms with Gasteiger partial charge in [-0.1, -0.05) is 103 Å². The third-order valence-corrected chi connectivity index (χ3v) is 9.53. The maximum atomic E-state index is 14.8. The van der Waals surface area contributed by atoms with Gasteiger partial charge in [0.15, 0.2) is 17.5 Å². The SMILES string of the molecule is N#Cc1cc(C#N)cc(-c2ccc3c(c2)c2ccccc2n3-c2ccc(-c3cccc(F)c3)c(-c3nc(-c4ccccc4)nc(-c4ccccc4)n3)c2)c1. The standard InChI is InChI=1S/C47H27FN6/c48-37-15-9-14-35(25-37)39-20-19-38(27-42(39)47-52-45(32-10-3-1-4-11-32)51-46(53-47)33-12-5-2-6-13-33)54-43-17-8-7-16-40(43)41-26-34(18-21-44(41)54)36-23-30(28-49)22-31(24-36)29-50/h1-27H. The fraction of sp³-hybridized carbons (Fsp3) is 0. The van der Waals surface area contributed by atoms with Gasteiger partial charge < -0.3 is 4.57 Å². The lowest BCUT2D eigenvalue weighted by atomic mass is 9.97. The van der Waals surface area contributed by atoms with Crippen LogP contribution in [0.3, 0.4) is 0 Å². The number of para-hydroxylation sites is 1. The van der Waals surface area contributed by atoms with Crippen LogP contribution in [0.5, 0.6) is 0 Å². The summed E-state index contributed by atoms with van der Waals surface area (Å²) in [4.78, 5) is 15.0. The van der Waals surface area contributed by atoms with E-state index in [9.17, 15) is 14.9 Å². The van der Waals surface area contributed by atoms with Crippen LogP contribution in [-0.4, -0.2) is 19.5 Å². The van der Waals surface area contributed by atoms with E-state index in [4.69, 9.17) is 15.0 Å². The lowest BCUT2D eigenvalue weighted by Gasteiger charge is -2.15. The van der Waals surface area contributed by atoms with Gasteiger partial charge in [0.05, 0.1) is 34.3 Å². The Morgan fingerprint density at radius 2 is 1.04 bits per heavy atom. The molecule has 0 saturated heterocycles. The molecule has 2 heterocycles. The number of hydrogen-bond acceptors (Lipinski definition) is 5. The Kier molecular flexibility index (Phi) is 8.00. The van der Waals surface area contributed by atoms with E-state index < -0.39 is 0 Å². The first-order valence-electron chi connectivity index (χ1n) is 17.3. The van der Waals surface area contributed by atoms with Gasteiger partial charge in [0.1, 0.15) is 5.82 Å². The largest absolute Gasteiger partial charge is 0.309 e. The maximum absolute atomic E-state index is 14.8. The molecular weight excluding hydrogens is 668 g/mol. The normalized spacial score (nSPS) is 11.0. The van der Waals surface area contributed by atoms with Gasteiger partial charge in [-0.3, -0.25) is 0 Å². The molecule has 0 spiro atoms. The minimum Gasteiger partial charge on any atom is -0.309 e. The topological polar surface area (TPSA) is 91.2 Å². The van der Waals surface area contributed by atoms with E-state index in [0.717, 1.165) is 60.9 Å². The maximum Gasteiger partial charge on any atom is 0.164 e. The molecule has 54 heavy (non-hydrogen) atoms. The van der Waals surface area contributed by atoms with Crippen LogP contribution in [0.1, 0.15) is 11.1 Å². The molecule has 6 nitrogen and oxygen atoms in total. The van der Waals surface area contributed by atoms with Crippen LogP contribution in [0, 0.1) is 28.5 Å². The molecule has 0 radical (unpaired) electrons. The van der Waals surface area contributed by atoms with E-state index in [2.05, 4.69) is 47.0 Å². The molecule has 0 unspecified atom stereocenters. The molecule has 0 fully saturated rings. The Hall–Kier alpha value is -7.74. The molecule has 252 valence electrons. The molecular formula is C47H27FN6. The zero-order chi connectivity index (χ0) is 36.6. The highest BCUT2D eigenvalue weighted by molar-refractivity contribution is 6.10. The van der Waals surface area contributed by atoms with Crippen LogP contribution in [0.15, 0.2) is 164 Å². The molecule has 2 aromatic heterocycles. The number of benzene rings is 7. The molecule has 0 aliphatic carbocycles. The Bertz CT molecular complexity index is 2880. The molecule has 0 saturated carbocycles. The van der Waals surface area contributed by atoms with Crippen molar-refractivity contribution >= 4 is 21.8 Å². The van der Waals surface area contributed by atoms with Crippen LogP contribution in [0.4, 0.5) is 4.39 Å². The minimum absolute atomic E-state index is 0.339. The summed E-state index contributed by atoms with van der Waals surface area (Å²) in [5, 5.41) is 21.3. The number of halogens is 1. The van der Waals surface area contributed by atoms with E-state index in [1.807, 2.05) is 97.1 Å². The second-order valence-corrected chi connectivity index (χ2v) is 12.9. The number of nitrogens with zero attached hydrogens (tertiary/aromatic N) is 6. The number of nitriles is 2. The predicted molar refractivity (Wildman–Crippen MR) is 211 cm³/mol. The van der Waals surface area contributed by atoms with Crippen molar-refractivity contribution in [3.8, 4) is 74.2 Å². The summed E-state index contributed by atoms with van der Waals surface area (Å²) in [5.41, 5.74) is 9.26. The third-order valence-electron chi connectivity index (χ3n) is 9.53. The molecule has 0 bridgehead atoms.